The molecule has 0 unspecified atom stereocenters. The van der Waals surface area contributed by atoms with Crippen LogP contribution in [0.15, 0.2) is 41.3 Å². The summed E-state index contributed by atoms with van der Waals surface area (Å²) in [6.07, 6.45) is 5.25. The molecule has 1 aliphatic carbocycles. The van der Waals surface area contributed by atoms with Crippen molar-refractivity contribution in [1.29, 1.82) is 0 Å². The molecule has 10 heteroatoms. The summed E-state index contributed by atoms with van der Waals surface area (Å²) < 4.78 is 23.1. The van der Waals surface area contributed by atoms with Crippen LogP contribution >= 0.6 is 33.6 Å². The number of benzene rings is 1. The highest BCUT2D eigenvalue weighted by Crippen LogP contribution is 2.36. The van der Waals surface area contributed by atoms with Crippen LogP contribution in [0.4, 0.5) is 5.13 Å². The zero-order chi connectivity index (χ0) is 21.3. The average molecular weight is 484 g/mol. The molecule has 2 heterocycles. The zero-order valence-corrected chi connectivity index (χ0v) is 19.0. The fourth-order valence-corrected chi connectivity index (χ4v) is 5.69. The van der Waals surface area contributed by atoms with E-state index in [-0.39, 0.29) is 10.8 Å². The molecule has 1 aliphatic rings. The third-order valence-electron chi connectivity index (χ3n) is 5.38. The molecule has 1 aromatic carbocycles. The molecule has 0 aliphatic heterocycles. The van der Waals surface area contributed by atoms with Crippen molar-refractivity contribution < 1.29 is 13.2 Å². The van der Waals surface area contributed by atoms with Crippen LogP contribution in [-0.4, -0.2) is 24.3 Å². The minimum atomic E-state index is -3.81. The number of rotatable bonds is 6. The fourth-order valence-electron chi connectivity index (χ4n) is 3.88. The number of amides is 1. The fraction of sp³-hybridized carbons (Fsp3) is 0.350. The first-order valence-corrected chi connectivity index (χ1v) is 13.1. The van der Waals surface area contributed by atoms with Gasteiger partial charge in [-0.15, -0.1) is 0 Å². The van der Waals surface area contributed by atoms with E-state index in [1.54, 1.807) is 24.3 Å². The lowest BCUT2D eigenvalue weighted by atomic mass is 9.87. The Bertz CT molecular complexity index is 1170. The minimum absolute atomic E-state index is 0.0158. The van der Waals surface area contributed by atoms with E-state index < -0.39 is 15.0 Å². The van der Waals surface area contributed by atoms with Crippen molar-refractivity contribution >= 4 is 64.1 Å². The molecule has 0 spiro atoms. The van der Waals surface area contributed by atoms with Gasteiger partial charge in [0, 0.05) is 10.7 Å². The quantitative estimate of drug-likeness (QED) is 0.365. The Morgan fingerprint density at radius 3 is 2.50 bits per heavy atom. The highest BCUT2D eigenvalue weighted by Gasteiger charge is 2.28. The van der Waals surface area contributed by atoms with Gasteiger partial charge in [-0.3, -0.25) is 4.79 Å². The molecule has 1 amide bonds. The first-order chi connectivity index (χ1) is 14.3. The summed E-state index contributed by atoms with van der Waals surface area (Å²) in [6.45, 7) is 0. The number of carbonyl (C=O) groups excluding carboxylic acids is 1. The monoisotopic (exact) mass is 483 g/mol. The molecular formula is C20H19Cl2N3O3S2. The van der Waals surface area contributed by atoms with E-state index in [4.69, 9.17) is 22.3 Å². The maximum atomic E-state index is 13.2. The standard InChI is InChI=1S/C20H19Cl2N3O3S2/c21-17-10-9-16-19(24-17)29-20(23-16)25-18(26)15(11-12-3-1-2-4-12)13-5-7-14(8-6-13)30(22,27)28/h5-10,12,15H,1-4,11H2,(H,23,25,26)/t15-/m1/s1. The zero-order valence-electron chi connectivity index (χ0n) is 15.8. The van der Waals surface area contributed by atoms with Crippen LogP contribution in [-0.2, 0) is 13.8 Å². The van der Waals surface area contributed by atoms with Crippen LogP contribution in [0.5, 0.6) is 0 Å². The number of aromatic nitrogens is 2. The summed E-state index contributed by atoms with van der Waals surface area (Å²) in [5, 5.41) is 3.74. The summed E-state index contributed by atoms with van der Waals surface area (Å²) >= 11 is 7.20. The molecule has 0 bridgehead atoms. The maximum Gasteiger partial charge on any atom is 0.261 e. The van der Waals surface area contributed by atoms with Crippen molar-refractivity contribution in [3.63, 3.8) is 0 Å². The molecule has 3 aromatic rings. The molecule has 0 radical (unpaired) electrons. The van der Waals surface area contributed by atoms with E-state index in [1.165, 1.54) is 36.3 Å². The smallest absolute Gasteiger partial charge is 0.261 e. The van der Waals surface area contributed by atoms with Gasteiger partial charge in [0.05, 0.1) is 10.8 Å². The number of fused-ring (bicyclic) bond motifs is 1. The van der Waals surface area contributed by atoms with Crippen molar-refractivity contribution in [2.75, 3.05) is 5.32 Å². The van der Waals surface area contributed by atoms with Crippen molar-refractivity contribution in [1.82, 2.24) is 9.97 Å². The van der Waals surface area contributed by atoms with E-state index in [1.807, 2.05) is 0 Å². The number of pyridine rings is 1. The van der Waals surface area contributed by atoms with Gasteiger partial charge in [-0.05, 0) is 42.2 Å². The highest BCUT2D eigenvalue weighted by atomic mass is 35.7. The van der Waals surface area contributed by atoms with Crippen molar-refractivity contribution in [2.45, 2.75) is 42.9 Å². The minimum Gasteiger partial charge on any atom is -0.301 e. The molecular weight excluding hydrogens is 465 g/mol. The van der Waals surface area contributed by atoms with Gasteiger partial charge in [-0.25, -0.2) is 18.4 Å². The predicted molar refractivity (Wildman–Crippen MR) is 120 cm³/mol. The van der Waals surface area contributed by atoms with E-state index >= 15 is 0 Å². The third-order valence-corrected chi connectivity index (χ3v) is 7.84. The van der Waals surface area contributed by atoms with E-state index in [0.29, 0.717) is 33.0 Å². The molecule has 4 rings (SSSR count). The molecule has 1 saturated carbocycles. The number of thiazole rings is 1. The average Bonchev–Trinajstić information content (AvgIpc) is 3.34. The summed E-state index contributed by atoms with van der Waals surface area (Å²) in [5.41, 5.74) is 1.43. The Morgan fingerprint density at radius 2 is 1.83 bits per heavy atom. The number of carbonyl (C=O) groups is 1. The Labute approximate surface area is 188 Å². The third kappa shape index (κ3) is 4.94. The number of halogens is 2. The molecule has 30 heavy (non-hydrogen) atoms. The summed E-state index contributed by atoms with van der Waals surface area (Å²) in [5.74, 6) is -0.120. The molecule has 6 nitrogen and oxygen atoms in total. The Balaban J connectivity index is 1.59. The molecule has 1 fully saturated rings. The molecule has 0 saturated heterocycles. The topological polar surface area (TPSA) is 89.0 Å². The number of hydrogen-bond acceptors (Lipinski definition) is 6. The Kier molecular flexibility index (Phi) is 6.29. The van der Waals surface area contributed by atoms with E-state index in [2.05, 4.69) is 15.3 Å². The van der Waals surface area contributed by atoms with Gasteiger partial charge in [0.1, 0.15) is 15.5 Å². The highest BCUT2D eigenvalue weighted by molar-refractivity contribution is 8.13. The van der Waals surface area contributed by atoms with Crippen LogP contribution in [0.1, 0.15) is 43.6 Å². The van der Waals surface area contributed by atoms with Gasteiger partial charge in [0.2, 0.25) is 5.91 Å². The van der Waals surface area contributed by atoms with E-state index in [9.17, 15) is 13.2 Å². The predicted octanol–water partition coefficient (Wildman–Crippen LogP) is 5.57. The second kappa shape index (κ2) is 8.78. The van der Waals surface area contributed by atoms with Gasteiger partial charge >= 0.3 is 0 Å². The van der Waals surface area contributed by atoms with E-state index in [0.717, 1.165) is 18.4 Å². The molecule has 158 valence electrons. The van der Waals surface area contributed by atoms with Gasteiger partial charge in [0.25, 0.3) is 9.05 Å². The summed E-state index contributed by atoms with van der Waals surface area (Å²) in [7, 11) is 1.61. The van der Waals surface area contributed by atoms with Crippen LogP contribution in [0.3, 0.4) is 0 Å². The van der Waals surface area contributed by atoms with Crippen LogP contribution in [0.2, 0.25) is 5.15 Å². The first kappa shape index (κ1) is 21.5. The second-order valence-corrected chi connectivity index (χ2v) is 11.3. The van der Waals surface area contributed by atoms with Crippen molar-refractivity contribution in [3.8, 4) is 0 Å². The van der Waals surface area contributed by atoms with Gasteiger partial charge in [0.15, 0.2) is 5.13 Å². The molecule has 1 N–H and O–H groups in total. The van der Waals surface area contributed by atoms with Gasteiger partial charge < -0.3 is 5.32 Å². The lowest BCUT2D eigenvalue weighted by Gasteiger charge is -2.20. The largest absolute Gasteiger partial charge is 0.301 e. The van der Waals surface area contributed by atoms with Crippen molar-refractivity contribution in [2.24, 2.45) is 5.92 Å². The van der Waals surface area contributed by atoms with Crippen LogP contribution in [0, 0.1) is 5.92 Å². The maximum absolute atomic E-state index is 13.2. The summed E-state index contributed by atoms with van der Waals surface area (Å²) in [6, 6.07) is 9.62. The number of hydrogen-bond donors (Lipinski definition) is 1. The van der Waals surface area contributed by atoms with Crippen LogP contribution in [0.25, 0.3) is 10.3 Å². The second-order valence-electron chi connectivity index (χ2n) is 7.41. The number of nitrogens with one attached hydrogen (secondary N) is 1. The lowest BCUT2D eigenvalue weighted by Crippen LogP contribution is -2.23. The SMILES string of the molecule is O=C(Nc1nc2ccc(Cl)nc2s1)[C@H](CC1CCCC1)c1ccc(S(=O)(=O)Cl)cc1. The summed E-state index contributed by atoms with van der Waals surface area (Å²) in [4.78, 5) is 22.5. The van der Waals surface area contributed by atoms with Crippen molar-refractivity contribution in [3.05, 3.63) is 47.1 Å². The Hall–Kier alpha value is -1.74. The molecule has 1 atom stereocenters. The Morgan fingerprint density at radius 1 is 1.13 bits per heavy atom. The van der Waals surface area contributed by atoms with Crippen LogP contribution < -0.4 is 5.32 Å². The van der Waals surface area contributed by atoms with Gasteiger partial charge in [-0.1, -0.05) is 60.8 Å². The normalized spacial score (nSPS) is 16.1. The number of nitrogens with zero attached hydrogens (tertiary/aromatic N) is 2. The lowest BCUT2D eigenvalue weighted by molar-refractivity contribution is -0.118. The first-order valence-electron chi connectivity index (χ1n) is 9.58. The van der Waals surface area contributed by atoms with Gasteiger partial charge in [-0.2, -0.15) is 0 Å². The molecule has 2 aromatic heterocycles. The number of anilines is 1.